The van der Waals surface area contributed by atoms with E-state index in [-0.39, 0.29) is 10.6 Å². The second-order valence-corrected chi connectivity index (χ2v) is 5.56. The van der Waals surface area contributed by atoms with E-state index < -0.39 is 17.7 Å². The molecule has 0 saturated heterocycles. The SMILES string of the molecule is NC(c1ccc(Cl)s1)c1cc(F)c(Cl)cc1F. The van der Waals surface area contributed by atoms with Crippen LogP contribution in [0.3, 0.4) is 0 Å². The van der Waals surface area contributed by atoms with Crippen LogP contribution in [0, 0.1) is 11.6 Å². The number of benzene rings is 1. The molecule has 1 atom stereocenters. The van der Waals surface area contributed by atoms with Crippen molar-refractivity contribution >= 4 is 34.5 Å². The summed E-state index contributed by atoms with van der Waals surface area (Å²) in [7, 11) is 0. The summed E-state index contributed by atoms with van der Waals surface area (Å²) in [5.74, 6) is -1.32. The van der Waals surface area contributed by atoms with Crippen LogP contribution in [-0.2, 0) is 0 Å². The van der Waals surface area contributed by atoms with E-state index in [4.69, 9.17) is 28.9 Å². The van der Waals surface area contributed by atoms with Gasteiger partial charge in [-0.1, -0.05) is 23.2 Å². The maximum absolute atomic E-state index is 13.6. The Kier molecular flexibility index (Phi) is 3.68. The van der Waals surface area contributed by atoms with Gasteiger partial charge in [0.05, 0.1) is 15.4 Å². The summed E-state index contributed by atoms with van der Waals surface area (Å²) in [5.41, 5.74) is 5.91. The van der Waals surface area contributed by atoms with Crippen molar-refractivity contribution in [3.8, 4) is 0 Å². The molecular weight excluding hydrogens is 287 g/mol. The van der Waals surface area contributed by atoms with Crippen molar-refractivity contribution in [2.75, 3.05) is 0 Å². The topological polar surface area (TPSA) is 26.0 Å². The van der Waals surface area contributed by atoms with Crippen LogP contribution in [0.5, 0.6) is 0 Å². The molecule has 0 saturated carbocycles. The highest BCUT2D eigenvalue weighted by Gasteiger charge is 2.18. The summed E-state index contributed by atoms with van der Waals surface area (Å²) in [6.45, 7) is 0. The maximum atomic E-state index is 13.6. The van der Waals surface area contributed by atoms with Gasteiger partial charge in [0.25, 0.3) is 0 Å². The van der Waals surface area contributed by atoms with Gasteiger partial charge in [-0.25, -0.2) is 8.78 Å². The molecule has 0 radical (unpaired) electrons. The summed E-state index contributed by atoms with van der Waals surface area (Å²) >= 11 is 12.5. The molecule has 0 aliphatic rings. The summed E-state index contributed by atoms with van der Waals surface area (Å²) in [6, 6.07) is 4.52. The minimum atomic E-state index is -0.751. The molecule has 6 heteroatoms. The van der Waals surface area contributed by atoms with E-state index in [1.54, 1.807) is 12.1 Å². The molecule has 2 aromatic rings. The van der Waals surface area contributed by atoms with E-state index in [0.29, 0.717) is 9.21 Å². The van der Waals surface area contributed by atoms with E-state index in [9.17, 15) is 8.78 Å². The van der Waals surface area contributed by atoms with E-state index in [0.717, 1.165) is 12.1 Å². The lowest BCUT2D eigenvalue weighted by molar-refractivity contribution is 0.578. The quantitative estimate of drug-likeness (QED) is 0.817. The third-order valence-corrected chi connectivity index (χ3v) is 3.88. The third-order valence-electron chi connectivity index (χ3n) is 2.28. The van der Waals surface area contributed by atoms with E-state index in [1.807, 2.05) is 0 Å². The average Bonchev–Trinajstić information content (AvgIpc) is 2.69. The lowest BCUT2D eigenvalue weighted by Crippen LogP contribution is -2.12. The molecule has 0 bridgehead atoms. The molecule has 1 aromatic carbocycles. The van der Waals surface area contributed by atoms with Crippen molar-refractivity contribution in [3.63, 3.8) is 0 Å². The highest BCUT2D eigenvalue weighted by molar-refractivity contribution is 7.16. The molecule has 1 unspecified atom stereocenters. The molecular formula is C11H7Cl2F2NS. The summed E-state index contributed by atoms with van der Waals surface area (Å²) in [4.78, 5) is 0.663. The molecule has 1 aromatic heterocycles. The molecule has 0 aliphatic heterocycles. The first-order valence-corrected chi connectivity index (χ1v) is 6.21. The van der Waals surface area contributed by atoms with Gasteiger partial charge in [0.1, 0.15) is 11.6 Å². The van der Waals surface area contributed by atoms with Gasteiger partial charge in [-0.3, -0.25) is 0 Å². The zero-order valence-corrected chi connectivity index (χ0v) is 10.7. The van der Waals surface area contributed by atoms with Crippen LogP contribution in [-0.4, -0.2) is 0 Å². The molecule has 17 heavy (non-hydrogen) atoms. The second kappa shape index (κ2) is 4.90. The Balaban J connectivity index is 2.43. The van der Waals surface area contributed by atoms with Gasteiger partial charge in [0.15, 0.2) is 0 Å². The normalized spacial score (nSPS) is 12.8. The number of hydrogen-bond donors (Lipinski definition) is 1. The van der Waals surface area contributed by atoms with Gasteiger partial charge in [-0.2, -0.15) is 0 Å². The second-order valence-electron chi connectivity index (χ2n) is 3.41. The molecule has 0 fully saturated rings. The number of halogens is 4. The lowest BCUT2D eigenvalue weighted by atomic mass is 10.1. The molecule has 2 N–H and O–H groups in total. The van der Waals surface area contributed by atoms with Crippen LogP contribution >= 0.6 is 34.5 Å². The van der Waals surface area contributed by atoms with Gasteiger partial charge in [0, 0.05) is 10.4 Å². The highest BCUT2D eigenvalue weighted by atomic mass is 35.5. The molecule has 1 heterocycles. The molecule has 90 valence electrons. The average molecular weight is 294 g/mol. The van der Waals surface area contributed by atoms with E-state index in [2.05, 4.69) is 0 Å². The molecule has 0 amide bonds. The van der Waals surface area contributed by atoms with Crippen LogP contribution < -0.4 is 5.73 Å². The van der Waals surface area contributed by atoms with Gasteiger partial charge in [0.2, 0.25) is 0 Å². The standard InChI is InChI=1S/C11H7Cl2F2NS/c12-6-4-7(14)5(3-8(6)15)11(16)9-1-2-10(13)17-9/h1-4,11H,16H2. The fourth-order valence-corrected chi connectivity index (χ4v) is 2.66. The molecule has 1 nitrogen and oxygen atoms in total. The largest absolute Gasteiger partial charge is 0.320 e. The summed E-state index contributed by atoms with van der Waals surface area (Å²) in [6.07, 6.45) is 0. The predicted octanol–water partition coefficient (Wildman–Crippen LogP) is 4.38. The number of nitrogens with two attached hydrogens (primary N) is 1. The fraction of sp³-hybridized carbons (Fsp3) is 0.0909. The molecule has 0 spiro atoms. The fourth-order valence-electron chi connectivity index (χ4n) is 1.42. The van der Waals surface area contributed by atoms with Gasteiger partial charge in [-0.05, 0) is 24.3 Å². The van der Waals surface area contributed by atoms with E-state index in [1.165, 1.54) is 11.3 Å². The Hall–Kier alpha value is -0.680. The number of hydrogen-bond acceptors (Lipinski definition) is 2. The zero-order chi connectivity index (χ0) is 12.6. The zero-order valence-electron chi connectivity index (χ0n) is 8.38. The Morgan fingerprint density at radius 1 is 1.12 bits per heavy atom. The molecule has 0 aliphatic carbocycles. The summed E-state index contributed by atoms with van der Waals surface area (Å²) in [5, 5.41) is -0.261. The van der Waals surface area contributed by atoms with Gasteiger partial charge >= 0.3 is 0 Å². The Labute approximate surface area is 111 Å². The first-order chi connectivity index (χ1) is 7.99. The number of thiophene rings is 1. The Morgan fingerprint density at radius 2 is 1.82 bits per heavy atom. The monoisotopic (exact) mass is 293 g/mol. The van der Waals surface area contributed by atoms with Crippen molar-refractivity contribution in [1.29, 1.82) is 0 Å². The van der Waals surface area contributed by atoms with Crippen molar-refractivity contribution in [1.82, 2.24) is 0 Å². The van der Waals surface area contributed by atoms with Gasteiger partial charge < -0.3 is 5.73 Å². The first kappa shape index (κ1) is 12.8. The molecule has 2 rings (SSSR count). The van der Waals surface area contributed by atoms with Gasteiger partial charge in [-0.15, -0.1) is 11.3 Å². The summed E-state index contributed by atoms with van der Waals surface area (Å²) < 4.78 is 27.4. The lowest BCUT2D eigenvalue weighted by Gasteiger charge is -2.11. The van der Waals surface area contributed by atoms with Crippen molar-refractivity contribution < 1.29 is 8.78 Å². The van der Waals surface area contributed by atoms with E-state index >= 15 is 0 Å². The third kappa shape index (κ3) is 2.60. The Morgan fingerprint density at radius 3 is 2.41 bits per heavy atom. The maximum Gasteiger partial charge on any atom is 0.142 e. The number of rotatable bonds is 2. The van der Waals surface area contributed by atoms with Crippen molar-refractivity contribution in [2.24, 2.45) is 5.73 Å². The minimum Gasteiger partial charge on any atom is -0.320 e. The predicted molar refractivity (Wildman–Crippen MR) is 66.7 cm³/mol. The minimum absolute atomic E-state index is 0.0606. The van der Waals surface area contributed by atoms with Crippen LogP contribution in [0.4, 0.5) is 8.78 Å². The van der Waals surface area contributed by atoms with Crippen LogP contribution in [0.15, 0.2) is 24.3 Å². The van der Waals surface area contributed by atoms with Crippen LogP contribution in [0.1, 0.15) is 16.5 Å². The Bertz CT molecular complexity index is 556. The van der Waals surface area contributed by atoms with Crippen LogP contribution in [0.25, 0.3) is 0 Å². The smallest absolute Gasteiger partial charge is 0.142 e. The van der Waals surface area contributed by atoms with Crippen LogP contribution in [0.2, 0.25) is 9.36 Å². The van der Waals surface area contributed by atoms with Crippen molar-refractivity contribution in [3.05, 3.63) is 55.7 Å². The first-order valence-electron chi connectivity index (χ1n) is 4.64. The highest BCUT2D eigenvalue weighted by Crippen LogP contribution is 2.32. The van der Waals surface area contributed by atoms with Crippen molar-refractivity contribution in [2.45, 2.75) is 6.04 Å².